The molecule has 2 N–H and O–H groups in total. The lowest BCUT2D eigenvalue weighted by Gasteiger charge is -2.23. The van der Waals surface area contributed by atoms with Crippen LogP contribution in [0.25, 0.3) is 0 Å². The van der Waals surface area contributed by atoms with Crippen molar-refractivity contribution >= 4 is 17.2 Å². The highest BCUT2D eigenvalue weighted by molar-refractivity contribution is 7.80. The maximum absolute atomic E-state index is 5.80. The van der Waals surface area contributed by atoms with Gasteiger partial charge in [0.2, 0.25) is 5.88 Å². The van der Waals surface area contributed by atoms with Crippen LogP contribution in [0.4, 0.5) is 0 Å². The standard InChI is InChI=1S/C14H20N2O2S/c1-9-7-10(2)16-14(12(9)13(15)19)18-8-11-5-3-4-6-17-11/h7,11H,3-6,8H2,1-2H3,(H2,15,19). The molecule has 0 radical (unpaired) electrons. The first-order valence-electron chi connectivity index (χ1n) is 6.60. The minimum absolute atomic E-state index is 0.149. The summed E-state index contributed by atoms with van der Waals surface area (Å²) in [6.07, 6.45) is 3.51. The molecule has 1 unspecified atom stereocenters. The fourth-order valence-electron chi connectivity index (χ4n) is 2.32. The van der Waals surface area contributed by atoms with Gasteiger partial charge in [-0.25, -0.2) is 4.98 Å². The average Bonchev–Trinajstić information content (AvgIpc) is 2.36. The Morgan fingerprint density at radius 1 is 1.53 bits per heavy atom. The maximum Gasteiger partial charge on any atom is 0.224 e. The van der Waals surface area contributed by atoms with Gasteiger partial charge in [0.25, 0.3) is 0 Å². The molecule has 1 fully saturated rings. The van der Waals surface area contributed by atoms with Gasteiger partial charge in [0.1, 0.15) is 11.6 Å². The topological polar surface area (TPSA) is 57.4 Å². The number of aromatic nitrogens is 1. The van der Waals surface area contributed by atoms with Crippen molar-refractivity contribution < 1.29 is 9.47 Å². The van der Waals surface area contributed by atoms with Gasteiger partial charge in [-0.05, 0) is 44.7 Å². The van der Waals surface area contributed by atoms with Crippen LogP contribution in [0.1, 0.15) is 36.1 Å². The zero-order valence-electron chi connectivity index (χ0n) is 11.4. The molecule has 2 heterocycles. The van der Waals surface area contributed by atoms with Crippen molar-refractivity contribution in [3.8, 4) is 5.88 Å². The van der Waals surface area contributed by atoms with E-state index in [0.717, 1.165) is 36.3 Å². The number of pyridine rings is 1. The monoisotopic (exact) mass is 280 g/mol. The van der Waals surface area contributed by atoms with Crippen molar-refractivity contribution in [3.05, 3.63) is 22.9 Å². The molecular formula is C14H20N2O2S. The number of rotatable bonds is 4. The number of nitrogens with zero attached hydrogens (tertiary/aromatic N) is 1. The van der Waals surface area contributed by atoms with E-state index in [9.17, 15) is 0 Å². The van der Waals surface area contributed by atoms with E-state index in [4.69, 9.17) is 27.4 Å². The van der Waals surface area contributed by atoms with Crippen LogP contribution < -0.4 is 10.5 Å². The van der Waals surface area contributed by atoms with Crippen molar-refractivity contribution in [2.45, 2.75) is 39.2 Å². The molecule has 1 aliphatic rings. The highest BCUT2D eigenvalue weighted by atomic mass is 32.1. The summed E-state index contributed by atoms with van der Waals surface area (Å²) < 4.78 is 11.4. The van der Waals surface area contributed by atoms with Crippen LogP contribution in [0, 0.1) is 13.8 Å². The van der Waals surface area contributed by atoms with Crippen LogP contribution in [0.15, 0.2) is 6.07 Å². The van der Waals surface area contributed by atoms with Crippen LogP contribution in [-0.2, 0) is 4.74 Å². The largest absolute Gasteiger partial charge is 0.474 e. The molecule has 0 amide bonds. The third-order valence-corrected chi connectivity index (χ3v) is 3.44. The van der Waals surface area contributed by atoms with Crippen molar-refractivity contribution in [2.24, 2.45) is 5.73 Å². The number of nitrogens with two attached hydrogens (primary N) is 1. The highest BCUT2D eigenvalue weighted by Crippen LogP contribution is 2.22. The molecule has 2 rings (SSSR count). The smallest absolute Gasteiger partial charge is 0.224 e. The first-order chi connectivity index (χ1) is 9.08. The van der Waals surface area contributed by atoms with Gasteiger partial charge >= 0.3 is 0 Å². The predicted octanol–water partition coefficient (Wildman–Crippen LogP) is 2.28. The summed E-state index contributed by atoms with van der Waals surface area (Å²) in [7, 11) is 0. The second-order valence-corrected chi connectivity index (χ2v) is 5.36. The van der Waals surface area contributed by atoms with E-state index in [1.165, 1.54) is 6.42 Å². The highest BCUT2D eigenvalue weighted by Gasteiger charge is 2.18. The summed E-state index contributed by atoms with van der Waals surface area (Å²) in [6.45, 7) is 5.22. The molecule has 104 valence electrons. The first-order valence-corrected chi connectivity index (χ1v) is 7.01. The SMILES string of the molecule is Cc1cc(C)c(C(N)=S)c(OCC2CCCCO2)n1. The van der Waals surface area contributed by atoms with E-state index in [2.05, 4.69) is 4.98 Å². The Kier molecular flexibility index (Phi) is 4.71. The van der Waals surface area contributed by atoms with Crippen molar-refractivity contribution in [3.63, 3.8) is 0 Å². The van der Waals surface area contributed by atoms with Crippen molar-refractivity contribution in [1.29, 1.82) is 0 Å². The van der Waals surface area contributed by atoms with Gasteiger partial charge in [-0.15, -0.1) is 0 Å². The normalized spacial score (nSPS) is 19.2. The molecule has 19 heavy (non-hydrogen) atoms. The Morgan fingerprint density at radius 2 is 2.32 bits per heavy atom. The van der Waals surface area contributed by atoms with Crippen LogP contribution in [0.2, 0.25) is 0 Å². The number of hydrogen-bond donors (Lipinski definition) is 1. The third kappa shape index (κ3) is 3.64. The van der Waals surface area contributed by atoms with Crippen LogP contribution >= 0.6 is 12.2 Å². The van der Waals surface area contributed by atoms with Crippen LogP contribution in [0.5, 0.6) is 5.88 Å². The van der Waals surface area contributed by atoms with Crippen molar-refractivity contribution in [2.75, 3.05) is 13.2 Å². The van der Waals surface area contributed by atoms with E-state index in [1.807, 2.05) is 19.9 Å². The molecule has 1 aromatic heterocycles. The summed E-state index contributed by atoms with van der Waals surface area (Å²) in [4.78, 5) is 4.72. The molecule has 1 aromatic rings. The van der Waals surface area contributed by atoms with E-state index in [-0.39, 0.29) is 6.10 Å². The van der Waals surface area contributed by atoms with E-state index < -0.39 is 0 Å². The van der Waals surface area contributed by atoms with Gasteiger partial charge in [0.05, 0.1) is 11.7 Å². The summed E-state index contributed by atoms with van der Waals surface area (Å²) >= 11 is 5.08. The van der Waals surface area contributed by atoms with Gasteiger partial charge in [-0.2, -0.15) is 0 Å². The molecule has 5 heteroatoms. The Morgan fingerprint density at radius 3 is 2.95 bits per heavy atom. The average molecular weight is 280 g/mol. The number of aryl methyl sites for hydroxylation is 2. The zero-order chi connectivity index (χ0) is 13.8. The van der Waals surface area contributed by atoms with Crippen LogP contribution in [0.3, 0.4) is 0 Å². The molecule has 1 aliphatic heterocycles. The van der Waals surface area contributed by atoms with Crippen LogP contribution in [-0.4, -0.2) is 29.3 Å². The zero-order valence-corrected chi connectivity index (χ0v) is 12.3. The minimum Gasteiger partial charge on any atom is -0.474 e. The first kappa shape index (κ1) is 14.2. The molecule has 0 spiro atoms. The third-order valence-electron chi connectivity index (χ3n) is 3.24. The Hall–Kier alpha value is -1.20. The van der Waals surface area contributed by atoms with Gasteiger partial charge < -0.3 is 15.2 Å². The molecular weight excluding hydrogens is 260 g/mol. The lowest BCUT2D eigenvalue weighted by atomic mass is 10.1. The predicted molar refractivity (Wildman–Crippen MR) is 78.7 cm³/mol. The Labute approximate surface area is 119 Å². The summed E-state index contributed by atoms with van der Waals surface area (Å²) in [5.74, 6) is 0.527. The fraction of sp³-hybridized carbons (Fsp3) is 0.571. The second-order valence-electron chi connectivity index (χ2n) is 4.92. The maximum atomic E-state index is 5.80. The van der Waals surface area contributed by atoms with Crippen molar-refractivity contribution in [1.82, 2.24) is 4.98 Å². The molecule has 0 saturated carbocycles. The lowest BCUT2D eigenvalue weighted by Crippen LogP contribution is -2.27. The summed E-state index contributed by atoms with van der Waals surface area (Å²) in [5, 5.41) is 0. The Balaban J connectivity index is 2.12. The fourth-order valence-corrected chi connectivity index (χ4v) is 2.57. The van der Waals surface area contributed by atoms with E-state index in [1.54, 1.807) is 0 Å². The van der Waals surface area contributed by atoms with E-state index in [0.29, 0.717) is 17.5 Å². The number of ether oxygens (including phenoxy) is 2. The van der Waals surface area contributed by atoms with Gasteiger partial charge in [0.15, 0.2) is 0 Å². The summed E-state index contributed by atoms with van der Waals surface area (Å²) in [5.41, 5.74) is 8.39. The Bertz CT molecular complexity index is 471. The van der Waals surface area contributed by atoms with Gasteiger partial charge in [-0.1, -0.05) is 12.2 Å². The molecule has 1 atom stereocenters. The van der Waals surface area contributed by atoms with Gasteiger partial charge in [-0.3, -0.25) is 0 Å². The molecule has 4 nitrogen and oxygen atoms in total. The lowest BCUT2D eigenvalue weighted by molar-refractivity contribution is -0.0120. The number of thiocarbonyl (C=S) groups is 1. The molecule has 0 aromatic carbocycles. The quantitative estimate of drug-likeness (QED) is 0.858. The van der Waals surface area contributed by atoms with E-state index >= 15 is 0 Å². The molecule has 0 aliphatic carbocycles. The molecule has 0 bridgehead atoms. The minimum atomic E-state index is 0.149. The van der Waals surface area contributed by atoms with Gasteiger partial charge in [0, 0.05) is 12.3 Å². The molecule has 1 saturated heterocycles. The number of hydrogen-bond acceptors (Lipinski definition) is 4. The second kappa shape index (κ2) is 6.30. The summed E-state index contributed by atoms with van der Waals surface area (Å²) in [6, 6.07) is 1.96.